The van der Waals surface area contributed by atoms with Crippen molar-refractivity contribution in [3.05, 3.63) is 64.3 Å². The van der Waals surface area contributed by atoms with Crippen molar-refractivity contribution in [3.63, 3.8) is 0 Å². The summed E-state index contributed by atoms with van der Waals surface area (Å²) < 4.78 is 1.37. The molecule has 0 bridgehead atoms. The standard InChI is InChI=1S/C19H21N3O2/c23-17(14-22-11-3-10-20-18(22)24)21-12-8-19(9-13-21)7-6-15-4-1-2-5-16(15)19/h1-5,10-11H,6-9,12-14H2. The van der Waals surface area contributed by atoms with Gasteiger partial charge in [0.2, 0.25) is 5.91 Å². The Labute approximate surface area is 140 Å². The fraction of sp³-hybridized carbons (Fsp3) is 0.421. The van der Waals surface area contributed by atoms with Crippen LogP contribution in [0.1, 0.15) is 30.4 Å². The SMILES string of the molecule is O=C(Cn1cccnc1=O)N1CCC2(CCc3ccccc32)CC1. The predicted molar refractivity (Wildman–Crippen MR) is 90.8 cm³/mol. The maximum Gasteiger partial charge on any atom is 0.347 e. The number of carbonyl (C=O) groups excluding carboxylic acids is 1. The lowest BCUT2D eigenvalue weighted by molar-refractivity contribution is -0.133. The topological polar surface area (TPSA) is 55.2 Å². The number of likely N-dealkylation sites (tertiary alicyclic amines) is 1. The fourth-order valence-corrected chi connectivity index (χ4v) is 4.22. The second-order valence-corrected chi connectivity index (χ2v) is 6.85. The van der Waals surface area contributed by atoms with Crippen LogP contribution < -0.4 is 5.69 Å². The molecule has 1 fully saturated rings. The Kier molecular flexibility index (Phi) is 3.71. The van der Waals surface area contributed by atoms with Gasteiger partial charge in [0.25, 0.3) is 0 Å². The van der Waals surface area contributed by atoms with Crippen LogP contribution in [0.3, 0.4) is 0 Å². The third kappa shape index (κ3) is 2.54. The Morgan fingerprint density at radius 3 is 2.71 bits per heavy atom. The molecule has 2 aliphatic rings. The molecule has 1 aliphatic heterocycles. The highest BCUT2D eigenvalue weighted by atomic mass is 16.2. The average molecular weight is 323 g/mol. The Bertz CT molecular complexity index is 819. The molecular weight excluding hydrogens is 302 g/mol. The number of nitrogens with zero attached hydrogens (tertiary/aromatic N) is 3. The molecule has 5 heteroatoms. The van der Waals surface area contributed by atoms with Crippen LogP contribution in [0.5, 0.6) is 0 Å². The number of aromatic nitrogens is 2. The molecule has 24 heavy (non-hydrogen) atoms. The zero-order valence-corrected chi connectivity index (χ0v) is 13.6. The van der Waals surface area contributed by atoms with Crippen LogP contribution in [-0.2, 0) is 23.2 Å². The molecule has 0 saturated carbocycles. The van der Waals surface area contributed by atoms with Crippen LogP contribution >= 0.6 is 0 Å². The summed E-state index contributed by atoms with van der Waals surface area (Å²) in [5.74, 6) is 0.00577. The van der Waals surface area contributed by atoms with Crippen LogP contribution in [0.25, 0.3) is 0 Å². The number of benzene rings is 1. The molecule has 1 spiro atoms. The van der Waals surface area contributed by atoms with Gasteiger partial charge in [-0.05, 0) is 48.3 Å². The van der Waals surface area contributed by atoms with E-state index in [2.05, 4.69) is 29.2 Å². The lowest BCUT2D eigenvalue weighted by Crippen LogP contribution is -2.46. The summed E-state index contributed by atoms with van der Waals surface area (Å²) in [5, 5.41) is 0. The van der Waals surface area contributed by atoms with Gasteiger partial charge in [0.15, 0.2) is 0 Å². The molecule has 0 unspecified atom stereocenters. The first-order valence-corrected chi connectivity index (χ1v) is 8.56. The monoisotopic (exact) mass is 323 g/mol. The molecule has 1 amide bonds. The molecule has 124 valence electrons. The molecule has 5 nitrogen and oxygen atoms in total. The zero-order valence-electron chi connectivity index (χ0n) is 13.6. The highest BCUT2D eigenvalue weighted by molar-refractivity contribution is 5.76. The molecular formula is C19H21N3O2. The first-order valence-electron chi connectivity index (χ1n) is 8.56. The second kappa shape index (κ2) is 5.89. The second-order valence-electron chi connectivity index (χ2n) is 6.85. The first-order chi connectivity index (χ1) is 11.7. The van der Waals surface area contributed by atoms with Gasteiger partial charge in [-0.2, -0.15) is 0 Å². The van der Waals surface area contributed by atoms with Crippen molar-refractivity contribution in [2.45, 2.75) is 37.6 Å². The van der Waals surface area contributed by atoms with Gasteiger partial charge >= 0.3 is 5.69 Å². The molecule has 2 aromatic rings. The minimum Gasteiger partial charge on any atom is -0.341 e. The summed E-state index contributed by atoms with van der Waals surface area (Å²) in [6, 6.07) is 10.4. The summed E-state index contributed by atoms with van der Waals surface area (Å²) in [6.07, 6.45) is 7.43. The minimum absolute atomic E-state index is 0.00577. The van der Waals surface area contributed by atoms with Gasteiger partial charge in [-0.25, -0.2) is 9.78 Å². The molecule has 0 N–H and O–H groups in total. The van der Waals surface area contributed by atoms with E-state index in [1.807, 2.05) is 4.90 Å². The summed E-state index contributed by atoms with van der Waals surface area (Å²) >= 11 is 0. The molecule has 1 aliphatic carbocycles. The van der Waals surface area contributed by atoms with Crippen molar-refractivity contribution >= 4 is 5.91 Å². The maximum atomic E-state index is 12.5. The van der Waals surface area contributed by atoms with E-state index in [0.717, 1.165) is 32.4 Å². The normalized spacial score (nSPS) is 18.6. The van der Waals surface area contributed by atoms with Gasteiger partial charge in [-0.3, -0.25) is 9.36 Å². The number of piperidine rings is 1. The van der Waals surface area contributed by atoms with Crippen LogP contribution in [0.15, 0.2) is 47.5 Å². The minimum atomic E-state index is -0.371. The van der Waals surface area contributed by atoms with Crippen molar-refractivity contribution < 1.29 is 4.79 Å². The molecule has 0 atom stereocenters. The Hall–Kier alpha value is -2.43. The smallest absolute Gasteiger partial charge is 0.341 e. The molecule has 0 radical (unpaired) electrons. The Morgan fingerprint density at radius 2 is 1.92 bits per heavy atom. The fourth-order valence-electron chi connectivity index (χ4n) is 4.22. The van der Waals surface area contributed by atoms with Gasteiger partial charge in [0.05, 0.1) is 0 Å². The summed E-state index contributed by atoms with van der Waals surface area (Å²) in [5.41, 5.74) is 2.84. The van der Waals surface area contributed by atoms with Gasteiger partial charge in [0, 0.05) is 25.5 Å². The number of rotatable bonds is 2. The van der Waals surface area contributed by atoms with E-state index in [9.17, 15) is 9.59 Å². The number of aryl methyl sites for hydroxylation is 1. The van der Waals surface area contributed by atoms with Crippen LogP contribution in [0.2, 0.25) is 0 Å². The third-order valence-electron chi connectivity index (χ3n) is 5.62. The zero-order chi connectivity index (χ0) is 16.6. The van der Waals surface area contributed by atoms with Crippen LogP contribution in [-0.4, -0.2) is 33.4 Å². The lowest BCUT2D eigenvalue weighted by atomic mass is 9.74. The molecule has 1 saturated heterocycles. The van der Waals surface area contributed by atoms with E-state index in [0.29, 0.717) is 0 Å². The predicted octanol–water partition coefficient (Wildman–Crippen LogP) is 1.75. The average Bonchev–Trinajstić information content (AvgIpc) is 2.96. The number of carbonyl (C=O) groups is 1. The summed E-state index contributed by atoms with van der Waals surface area (Å²) in [6.45, 7) is 1.61. The van der Waals surface area contributed by atoms with Crippen LogP contribution in [0.4, 0.5) is 0 Å². The highest BCUT2D eigenvalue weighted by Gasteiger charge is 2.41. The van der Waals surface area contributed by atoms with E-state index in [1.165, 1.54) is 28.3 Å². The third-order valence-corrected chi connectivity index (χ3v) is 5.62. The van der Waals surface area contributed by atoms with Crippen molar-refractivity contribution in [3.8, 4) is 0 Å². The van der Waals surface area contributed by atoms with E-state index in [-0.39, 0.29) is 23.6 Å². The van der Waals surface area contributed by atoms with Gasteiger partial charge in [-0.15, -0.1) is 0 Å². The molecule has 4 rings (SSSR count). The number of hydrogen-bond donors (Lipinski definition) is 0. The molecule has 2 heterocycles. The van der Waals surface area contributed by atoms with Crippen molar-refractivity contribution in [1.82, 2.24) is 14.5 Å². The van der Waals surface area contributed by atoms with Crippen molar-refractivity contribution in [1.29, 1.82) is 0 Å². The van der Waals surface area contributed by atoms with Crippen LogP contribution in [0, 0.1) is 0 Å². The molecule has 1 aromatic heterocycles. The van der Waals surface area contributed by atoms with E-state index in [4.69, 9.17) is 0 Å². The van der Waals surface area contributed by atoms with Crippen molar-refractivity contribution in [2.24, 2.45) is 0 Å². The quantitative estimate of drug-likeness (QED) is 0.846. The van der Waals surface area contributed by atoms with E-state index < -0.39 is 0 Å². The number of hydrogen-bond acceptors (Lipinski definition) is 3. The lowest BCUT2D eigenvalue weighted by Gasteiger charge is -2.40. The van der Waals surface area contributed by atoms with Gasteiger partial charge < -0.3 is 4.90 Å². The van der Waals surface area contributed by atoms with Crippen molar-refractivity contribution in [2.75, 3.05) is 13.1 Å². The van der Waals surface area contributed by atoms with E-state index in [1.54, 1.807) is 12.3 Å². The maximum absolute atomic E-state index is 12.5. The van der Waals surface area contributed by atoms with Gasteiger partial charge in [-0.1, -0.05) is 24.3 Å². The Morgan fingerprint density at radius 1 is 1.12 bits per heavy atom. The highest BCUT2D eigenvalue weighted by Crippen LogP contribution is 2.46. The van der Waals surface area contributed by atoms with E-state index >= 15 is 0 Å². The van der Waals surface area contributed by atoms with Gasteiger partial charge in [0.1, 0.15) is 6.54 Å². The number of fused-ring (bicyclic) bond motifs is 2. The Balaban J connectivity index is 1.44. The largest absolute Gasteiger partial charge is 0.347 e. The first kappa shape index (κ1) is 15.1. The summed E-state index contributed by atoms with van der Waals surface area (Å²) in [4.78, 5) is 29.8. The molecule has 1 aromatic carbocycles. The summed E-state index contributed by atoms with van der Waals surface area (Å²) in [7, 11) is 0. The number of amides is 1.